The minimum Gasteiger partial charge on any atom is -0.488 e. The molecule has 0 atom stereocenters. The fourth-order valence-corrected chi connectivity index (χ4v) is 1.35. The molecule has 0 radical (unpaired) electrons. The van der Waals surface area contributed by atoms with Crippen LogP contribution in [0.1, 0.15) is 41.0 Å². The van der Waals surface area contributed by atoms with Gasteiger partial charge in [-0.2, -0.15) is 0 Å². The summed E-state index contributed by atoms with van der Waals surface area (Å²) in [7, 11) is 0. The largest absolute Gasteiger partial charge is 0.488 e. The fourth-order valence-electron chi connectivity index (χ4n) is 1.35. The summed E-state index contributed by atoms with van der Waals surface area (Å²) in [5, 5.41) is 0. The summed E-state index contributed by atoms with van der Waals surface area (Å²) >= 11 is 0. The summed E-state index contributed by atoms with van der Waals surface area (Å²) < 4.78 is 24.8. The smallest absolute Gasteiger partial charge is 0.167 e. The number of ether oxygens (including phenoxy) is 2. The molecular formula is C14H22FNO2. The minimum atomic E-state index is -0.470. The first-order valence-corrected chi connectivity index (χ1v) is 6.20. The first-order chi connectivity index (χ1) is 8.25. The van der Waals surface area contributed by atoms with Crippen molar-refractivity contribution in [3.8, 4) is 11.5 Å². The molecule has 0 saturated carbocycles. The normalized spacial score (nSPS) is 11.7. The van der Waals surface area contributed by atoms with Crippen molar-refractivity contribution in [2.24, 2.45) is 0 Å². The topological polar surface area (TPSA) is 44.5 Å². The third-order valence-corrected chi connectivity index (χ3v) is 2.66. The summed E-state index contributed by atoms with van der Waals surface area (Å²) in [6.45, 7) is 9.61. The molecule has 0 aliphatic rings. The predicted octanol–water partition coefficient (Wildman–Crippen LogP) is 3.76. The fraction of sp³-hybridized carbons (Fsp3) is 0.571. The number of hydrogen-bond acceptors (Lipinski definition) is 3. The third kappa shape index (κ3) is 3.79. The Morgan fingerprint density at radius 3 is 2.39 bits per heavy atom. The zero-order chi connectivity index (χ0) is 13.9. The first-order valence-electron chi connectivity index (χ1n) is 6.20. The predicted molar refractivity (Wildman–Crippen MR) is 71.6 cm³/mol. The van der Waals surface area contributed by atoms with Crippen molar-refractivity contribution in [3.05, 3.63) is 17.9 Å². The molecule has 1 aromatic rings. The second kappa shape index (κ2) is 5.46. The molecule has 1 rings (SSSR count). The van der Waals surface area contributed by atoms with Gasteiger partial charge < -0.3 is 15.2 Å². The van der Waals surface area contributed by atoms with E-state index in [-0.39, 0.29) is 23.1 Å². The number of nitrogen functional groups attached to an aromatic ring is 1. The van der Waals surface area contributed by atoms with Gasteiger partial charge in [0, 0.05) is 12.1 Å². The average molecular weight is 255 g/mol. The molecule has 0 bridgehead atoms. The molecule has 18 heavy (non-hydrogen) atoms. The van der Waals surface area contributed by atoms with Gasteiger partial charge in [0.05, 0.1) is 11.8 Å². The van der Waals surface area contributed by atoms with Gasteiger partial charge in [0.15, 0.2) is 11.6 Å². The number of rotatable bonds is 5. The van der Waals surface area contributed by atoms with E-state index in [1.165, 1.54) is 12.1 Å². The van der Waals surface area contributed by atoms with Gasteiger partial charge in [0.25, 0.3) is 0 Å². The molecule has 2 N–H and O–H groups in total. The highest BCUT2D eigenvalue weighted by Crippen LogP contribution is 2.33. The van der Waals surface area contributed by atoms with Gasteiger partial charge in [-0.3, -0.25) is 0 Å². The maximum Gasteiger partial charge on any atom is 0.167 e. The van der Waals surface area contributed by atoms with Crippen molar-refractivity contribution >= 4 is 5.69 Å². The van der Waals surface area contributed by atoms with Gasteiger partial charge in [0.1, 0.15) is 11.4 Å². The monoisotopic (exact) mass is 255 g/mol. The van der Waals surface area contributed by atoms with Crippen LogP contribution in [0.25, 0.3) is 0 Å². The summed E-state index contributed by atoms with van der Waals surface area (Å²) in [6.07, 6.45) is 0.722. The van der Waals surface area contributed by atoms with Crippen molar-refractivity contribution in [1.82, 2.24) is 0 Å². The average Bonchev–Trinajstić information content (AvgIpc) is 2.24. The van der Waals surface area contributed by atoms with E-state index in [0.717, 1.165) is 6.42 Å². The maximum absolute atomic E-state index is 13.6. The lowest BCUT2D eigenvalue weighted by molar-refractivity contribution is 0.105. The number of hydrogen-bond donors (Lipinski definition) is 1. The molecule has 0 aliphatic heterocycles. The lowest BCUT2D eigenvalue weighted by Gasteiger charge is -2.26. The van der Waals surface area contributed by atoms with E-state index < -0.39 is 5.82 Å². The molecule has 1 aromatic carbocycles. The highest BCUT2D eigenvalue weighted by Gasteiger charge is 2.20. The molecule has 0 heterocycles. The Hall–Kier alpha value is -1.45. The zero-order valence-electron chi connectivity index (χ0n) is 11.7. The number of nitrogens with two attached hydrogens (primary N) is 1. The van der Waals surface area contributed by atoms with E-state index in [1.807, 2.05) is 34.6 Å². The standard InChI is InChI=1S/C14H22FNO2/c1-6-14(4,5)18-13-8-12(17-9(2)3)10(15)7-11(13)16/h7-9H,6,16H2,1-5H3. The van der Waals surface area contributed by atoms with Gasteiger partial charge in [-0.25, -0.2) is 4.39 Å². The second-order valence-corrected chi connectivity index (χ2v) is 5.20. The van der Waals surface area contributed by atoms with Crippen LogP contribution >= 0.6 is 0 Å². The quantitative estimate of drug-likeness (QED) is 0.815. The van der Waals surface area contributed by atoms with Crippen LogP contribution in [0.4, 0.5) is 10.1 Å². The third-order valence-electron chi connectivity index (χ3n) is 2.66. The van der Waals surface area contributed by atoms with Gasteiger partial charge >= 0.3 is 0 Å². The van der Waals surface area contributed by atoms with E-state index in [2.05, 4.69) is 0 Å². The van der Waals surface area contributed by atoms with E-state index in [0.29, 0.717) is 5.75 Å². The molecule has 0 aromatic heterocycles. The molecule has 4 heteroatoms. The maximum atomic E-state index is 13.6. The van der Waals surface area contributed by atoms with Crippen LogP contribution in [0, 0.1) is 5.82 Å². The van der Waals surface area contributed by atoms with E-state index in [1.54, 1.807) is 0 Å². The van der Waals surface area contributed by atoms with E-state index in [9.17, 15) is 4.39 Å². The van der Waals surface area contributed by atoms with Crippen LogP contribution in [0.5, 0.6) is 11.5 Å². The Kier molecular flexibility index (Phi) is 4.43. The van der Waals surface area contributed by atoms with Crippen LogP contribution in [0.2, 0.25) is 0 Å². The molecule has 102 valence electrons. The van der Waals surface area contributed by atoms with Gasteiger partial charge in [0.2, 0.25) is 0 Å². The summed E-state index contributed by atoms with van der Waals surface area (Å²) in [4.78, 5) is 0. The van der Waals surface area contributed by atoms with Gasteiger partial charge in [-0.1, -0.05) is 6.92 Å². The van der Waals surface area contributed by atoms with Crippen LogP contribution in [0.15, 0.2) is 12.1 Å². The molecule has 0 fully saturated rings. The molecule has 0 aliphatic carbocycles. The van der Waals surface area contributed by atoms with E-state index >= 15 is 0 Å². The Morgan fingerprint density at radius 1 is 1.28 bits per heavy atom. The lowest BCUT2D eigenvalue weighted by Crippen LogP contribution is -2.27. The van der Waals surface area contributed by atoms with Crippen molar-refractivity contribution in [2.75, 3.05) is 5.73 Å². The molecule has 0 unspecified atom stereocenters. The highest BCUT2D eigenvalue weighted by atomic mass is 19.1. The highest BCUT2D eigenvalue weighted by molar-refractivity contribution is 5.56. The molecule has 0 spiro atoms. The SMILES string of the molecule is CCC(C)(C)Oc1cc(OC(C)C)c(F)cc1N. The Balaban J connectivity index is 3.05. The van der Waals surface area contributed by atoms with Crippen LogP contribution in [-0.2, 0) is 0 Å². The molecule has 0 saturated heterocycles. The number of benzene rings is 1. The van der Waals surface area contributed by atoms with Crippen molar-refractivity contribution < 1.29 is 13.9 Å². The van der Waals surface area contributed by atoms with E-state index in [4.69, 9.17) is 15.2 Å². The summed E-state index contributed by atoms with van der Waals surface area (Å²) in [5.41, 5.74) is 5.70. The Morgan fingerprint density at radius 2 is 1.89 bits per heavy atom. The molecular weight excluding hydrogens is 233 g/mol. The molecule has 3 nitrogen and oxygen atoms in total. The summed E-state index contributed by atoms with van der Waals surface area (Å²) in [5.74, 6) is 0.155. The zero-order valence-corrected chi connectivity index (χ0v) is 11.7. The van der Waals surface area contributed by atoms with Crippen molar-refractivity contribution in [2.45, 2.75) is 52.7 Å². The second-order valence-electron chi connectivity index (χ2n) is 5.20. The Labute approximate surface area is 108 Å². The first kappa shape index (κ1) is 14.6. The van der Waals surface area contributed by atoms with Crippen molar-refractivity contribution in [3.63, 3.8) is 0 Å². The minimum absolute atomic E-state index is 0.102. The van der Waals surface area contributed by atoms with Gasteiger partial charge in [-0.05, 0) is 34.1 Å². The number of anilines is 1. The Bertz CT molecular complexity index is 417. The van der Waals surface area contributed by atoms with Crippen LogP contribution < -0.4 is 15.2 Å². The van der Waals surface area contributed by atoms with Gasteiger partial charge in [-0.15, -0.1) is 0 Å². The van der Waals surface area contributed by atoms with Crippen molar-refractivity contribution in [1.29, 1.82) is 0 Å². The van der Waals surface area contributed by atoms with Crippen LogP contribution in [-0.4, -0.2) is 11.7 Å². The lowest BCUT2D eigenvalue weighted by atomic mass is 10.1. The summed E-state index contributed by atoms with van der Waals surface area (Å²) in [6, 6.07) is 2.75. The van der Waals surface area contributed by atoms with Crippen LogP contribution in [0.3, 0.4) is 0 Å². The molecule has 0 amide bonds. The number of halogens is 1.